The summed E-state index contributed by atoms with van der Waals surface area (Å²) in [6.07, 6.45) is 6.25. The Hall–Kier alpha value is -6.96. The van der Waals surface area contributed by atoms with Crippen LogP contribution in [0.25, 0.3) is 0 Å². The molecule has 0 bridgehead atoms. The predicted octanol–water partition coefficient (Wildman–Crippen LogP) is 7.19. The second-order valence-electron chi connectivity index (χ2n) is 12.6. The molecule has 0 N–H and O–H groups in total. The van der Waals surface area contributed by atoms with Crippen molar-refractivity contribution in [2.75, 3.05) is 26.4 Å². The predicted molar refractivity (Wildman–Crippen MR) is 215 cm³/mol. The average molecular weight is 813 g/mol. The van der Waals surface area contributed by atoms with Gasteiger partial charge in [0.25, 0.3) is 0 Å². The third-order valence-electron chi connectivity index (χ3n) is 8.17. The molecule has 312 valence electrons. The van der Waals surface area contributed by atoms with Gasteiger partial charge in [-0.3, -0.25) is 0 Å². The lowest BCUT2D eigenvalue weighted by molar-refractivity contribution is -0.153. The number of rotatable bonds is 26. The van der Waals surface area contributed by atoms with Gasteiger partial charge in [0.15, 0.2) is 0 Å². The molecule has 0 saturated heterocycles. The van der Waals surface area contributed by atoms with E-state index in [0.717, 1.165) is 24.3 Å². The number of ether oxygens (including phenoxy) is 8. The molecule has 3 aromatic carbocycles. The molecule has 0 amide bonds. The van der Waals surface area contributed by atoms with Gasteiger partial charge in [-0.1, -0.05) is 26.3 Å². The number of hydrogen-bond donors (Lipinski definition) is 0. The maximum absolute atomic E-state index is 12.9. The minimum absolute atomic E-state index is 0.0965. The van der Waals surface area contributed by atoms with Crippen molar-refractivity contribution in [1.82, 2.24) is 0 Å². The van der Waals surface area contributed by atoms with Gasteiger partial charge in [0.2, 0.25) is 0 Å². The third kappa shape index (κ3) is 17.4. The van der Waals surface area contributed by atoms with E-state index in [4.69, 9.17) is 37.9 Å². The summed E-state index contributed by atoms with van der Waals surface area (Å²) in [6, 6.07) is 17.5. The van der Waals surface area contributed by atoms with Crippen molar-refractivity contribution in [2.45, 2.75) is 57.7 Å². The zero-order valence-electron chi connectivity index (χ0n) is 32.9. The first kappa shape index (κ1) is 46.4. The van der Waals surface area contributed by atoms with Crippen molar-refractivity contribution in [3.05, 3.63) is 134 Å². The molecule has 3 aromatic rings. The Balaban J connectivity index is 1.40. The summed E-state index contributed by atoms with van der Waals surface area (Å²) in [4.78, 5) is 71.6. The van der Waals surface area contributed by atoms with Gasteiger partial charge in [0, 0.05) is 24.3 Å². The number of carbonyl (C=O) groups excluding carboxylic acids is 6. The van der Waals surface area contributed by atoms with Crippen LogP contribution in [0, 0.1) is 6.92 Å². The third-order valence-corrected chi connectivity index (χ3v) is 8.17. The standard InChI is InChI=1S/C45H48O14/c1-6-40(46)54-29-37(56-42(48)8-3)14-10-12-26-52-34-20-16-32(17-21-34)44(50)58-36-24-25-39(31(5)28-36)59-45(51)33-18-22-35(23-19-33)53-27-13-11-15-38(57-43(49)9-4)30-55-41(47)7-2/h6-9,16-25,28,37-38H,1-4,10-15,26-27,29-30H2,5H3. The van der Waals surface area contributed by atoms with E-state index in [-0.39, 0.29) is 24.7 Å². The topological polar surface area (TPSA) is 176 Å². The first-order valence-electron chi connectivity index (χ1n) is 18.7. The Morgan fingerprint density at radius 2 is 0.932 bits per heavy atom. The van der Waals surface area contributed by atoms with Gasteiger partial charge in [0.1, 0.15) is 48.4 Å². The van der Waals surface area contributed by atoms with E-state index in [1.54, 1.807) is 61.5 Å². The molecule has 0 aliphatic rings. The van der Waals surface area contributed by atoms with E-state index in [1.807, 2.05) is 0 Å². The maximum atomic E-state index is 12.9. The summed E-state index contributed by atoms with van der Waals surface area (Å²) in [5, 5.41) is 0. The smallest absolute Gasteiger partial charge is 0.343 e. The highest BCUT2D eigenvalue weighted by Gasteiger charge is 2.17. The van der Waals surface area contributed by atoms with Crippen LogP contribution < -0.4 is 18.9 Å². The van der Waals surface area contributed by atoms with Crippen molar-refractivity contribution < 1.29 is 66.7 Å². The Bertz CT molecular complexity index is 1930. The molecule has 0 heterocycles. The fourth-order valence-corrected chi connectivity index (χ4v) is 5.07. The second-order valence-corrected chi connectivity index (χ2v) is 12.6. The van der Waals surface area contributed by atoms with Crippen LogP contribution in [-0.4, -0.2) is 74.5 Å². The minimum atomic E-state index is -0.629. The van der Waals surface area contributed by atoms with Gasteiger partial charge in [-0.2, -0.15) is 0 Å². The van der Waals surface area contributed by atoms with Crippen LogP contribution in [0.2, 0.25) is 0 Å². The molecular formula is C45H48O14. The summed E-state index contributed by atoms with van der Waals surface area (Å²) < 4.78 is 43.1. The molecule has 0 fully saturated rings. The van der Waals surface area contributed by atoms with E-state index < -0.39 is 48.0 Å². The summed E-state index contributed by atoms with van der Waals surface area (Å²) >= 11 is 0. The number of benzene rings is 3. The lowest BCUT2D eigenvalue weighted by Crippen LogP contribution is -2.24. The molecule has 0 spiro atoms. The maximum Gasteiger partial charge on any atom is 0.343 e. The Morgan fingerprint density at radius 1 is 0.525 bits per heavy atom. The molecule has 0 radical (unpaired) electrons. The fourth-order valence-electron chi connectivity index (χ4n) is 5.07. The molecule has 0 saturated carbocycles. The van der Waals surface area contributed by atoms with Crippen LogP contribution in [0.4, 0.5) is 0 Å². The van der Waals surface area contributed by atoms with Gasteiger partial charge >= 0.3 is 35.8 Å². The Labute approximate surface area is 343 Å². The van der Waals surface area contributed by atoms with Gasteiger partial charge in [0.05, 0.1) is 24.3 Å². The number of unbranched alkanes of at least 4 members (excludes halogenated alkanes) is 2. The van der Waals surface area contributed by atoms with Crippen molar-refractivity contribution in [3.8, 4) is 23.0 Å². The largest absolute Gasteiger partial charge is 0.494 e. The van der Waals surface area contributed by atoms with Crippen LogP contribution in [0.15, 0.2) is 117 Å². The first-order chi connectivity index (χ1) is 28.4. The van der Waals surface area contributed by atoms with E-state index in [1.165, 1.54) is 12.1 Å². The van der Waals surface area contributed by atoms with Crippen LogP contribution in [0.5, 0.6) is 23.0 Å². The van der Waals surface area contributed by atoms with E-state index in [2.05, 4.69) is 26.3 Å². The molecule has 0 aliphatic heterocycles. The lowest BCUT2D eigenvalue weighted by atomic mass is 10.1. The fraction of sp³-hybridized carbons (Fsp3) is 0.289. The van der Waals surface area contributed by atoms with Crippen LogP contribution >= 0.6 is 0 Å². The number of esters is 6. The molecule has 14 nitrogen and oxygen atoms in total. The second kappa shape index (κ2) is 25.3. The highest BCUT2D eigenvalue weighted by atomic mass is 16.6. The number of carbonyl (C=O) groups is 6. The van der Waals surface area contributed by atoms with Crippen LogP contribution in [0.1, 0.15) is 64.8 Å². The van der Waals surface area contributed by atoms with Gasteiger partial charge in [-0.05, 0) is 118 Å². The summed E-state index contributed by atoms with van der Waals surface area (Å²) in [5.41, 5.74) is 1.16. The highest BCUT2D eigenvalue weighted by Crippen LogP contribution is 2.26. The van der Waals surface area contributed by atoms with Crippen molar-refractivity contribution in [2.24, 2.45) is 0 Å². The normalized spacial score (nSPS) is 11.3. The zero-order chi connectivity index (χ0) is 43.0. The summed E-state index contributed by atoms with van der Waals surface area (Å²) in [5.74, 6) is -2.00. The van der Waals surface area contributed by atoms with Gasteiger partial charge < -0.3 is 37.9 Å². The SMILES string of the molecule is C=CC(=O)OCC(CCCCOc1ccc(C(=O)Oc2ccc(OC(=O)c3ccc(OCCCCC(COC(=O)C=C)OC(=O)C=C)cc3)c(C)c2)cc1)OC(=O)C=C. The van der Waals surface area contributed by atoms with Crippen molar-refractivity contribution >= 4 is 35.8 Å². The lowest BCUT2D eigenvalue weighted by Gasteiger charge is -2.16. The van der Waals surface area contributed by atoms with E-state index >= 15 is 0 Å². The molecule has 3 rings (SSSR count). The van der Waals surface area contributed by atoms with Crippen molar-refractivity contribution in [1.29, 1.82) is 0 Å². The number of hydrogen-bond acceptors (Lipinski definition) is 14. The monoisotopic (exact) mass is 812 g/mol. The molecule has 2 unspecified atom stereocenters. The molecule has 2 atom stereocenters. The molecule has 14 heteroatoms. The zero-order valence-corrected chi connectivity index (χ0v) is 32.9. The van der Waals surface area contributed by atoms with Gasteiger partial charge in [-0.25, -0.2) is 28.8 Å². The van der Waals surface area contributed by atoms with Crippen LogP contribution in [0.3, 0.4) is 0 Å². The molecule has 0 aliphatic carbocycles. The van der Waals surface area contributed by atoms with E-state index in [0.29, 0.717) is 79.9 Å². The summed E-state index contributed by atoms with van der Waals surface area (Å²) in [7, 11) is 0. The van der Waals surface area contributed by atoms with Gasteiger partial charge in [-0.15, -0.1) is 0 Å². The molecule has 0 aromatic heterocycles. The molecule has 59 heavy (non-hydrogen) atoms. The van der Waals surface area contributed by atoms with Crippen LogP contribution in [-0.2, 0) is 38.1 Å². The minimum Gasteiger partial charge on any atom is -0.494 e. The summed E-state index contributed by atoms with van der Waals surface area (Å²) in [6.45, 7) is 15.7. The quantitative estimate of drug-likeness (QED) is 0.0262. The van der Waals surface area contributed by atoms with Crippen molar-refractivity contribution in [3.63, 3.8) is 0 Å². The Morgan fingerprint density at radius 3 is 1.34 bits per heavy atom. The Kier molecular flexibility index (Phi) is 19.9. The van der Waals surface area contributed by atoms with E-state index in [9.17, 15) is 28.8 Å². The highest BCUT2D eigenvalue weighted by molar-refractivity contribution is 5.92. The first-order valence-corrected chi connectivity index (χ1v) is 18.7. The number of aryl methyl sites for hydroxylation is 1. The average Bonchev–Trinajstić information content (AvgIpc) is 3.24. The molecular weight excluding hydrogens is 764 g/mol.